The number of aliphatic hydroxyl groups is 1. The fourth-order valence-electron chi connectivity index (χ4n) is 2.19. The van der Waals surface area contributed by atoms with Crippen LogP contribution in [0.25, 0.3) is 0 Å². The molecule has 1 saturated heterocycles. The van der Waals surface area contributed by atoms with Crippen molar-refractivity contribution in [2.45, 2.75) is 39.3 Å². The van der Waals surface area contributed by atoms with Crippen LogP contribution in [0, 0.1) is 5.41 Å². The van der Waals surface area contributed by atoms with Gasteiger partial charge in [0.15, 0.2) is 0 Å². The van der Waals surface area contributed by atoms with Gasteiger partial charge in [0, 0.05) is 19.7 Å². The van der Waals surface area contributed by atoms with Crippen LogP contribution in [-0.2, 0) is 0 Å². The number of likely N-dealkylation sites (N-methyl/N-ethyl adjacent to an activating group) is 1. The molecule has 0 spiro atoms. The van der Waals surface area contributed by atoms with Crippen LogP contribution in [0.1, 0.15) is 27.2 Å². The van der Waals surface area contributed by atoms with Crippen molar-refractivity contribution < 1.29 is 10.3 Å². The van der Waals surface area contributed by atoms with Gasteiger partial charge in [-0.25, -0.2) is 0 Å². The highest BCUT2D eigenvalue weighted by molar-refractivity contribution is 4.90. The van der Waals surface area contributed by atoms with Crippen LogP contribution >= 0.6 is 0 Å². The number of hydroxylamine groups is 2. The molecule has 1 aliphatic rings. The van der Waals surface area contributed by atoms with Crippen LogP contribution in [-0.4, -0.2) is 59.1 Å². The van der Waals surface area contributed by atoms with Gasteiger partial charge < -0.3 is 15.2 Å². The van der Waals surface area contributed by atoms with E-state index in [0.29, 0.717) is 6.42 Å². The van der Waals surface area contributed by atoms with Gasteiger partial charge in [0.2, 0.25) is 0 Å². The lowest BCUT2D eigenvalue weighted by atomic mass is 9.84. The van der Waals surface area contributed by atoms with E-state index in [4.69, 9.17) is 5.11 Å². The van der Waals surface area contributed by atoms with Gasteiger partial charge in [0.1, 0.15) is 0 Å². The molecule has 0 radical (unpaired) electrons. The van der Waals surface area contributed by atoms with E-state index in [1.165, 1.54) is 5.06 Å². The standard InChI is InChI=1S/C11H24N2O2/c1-11(2,3)10-8-12(4)7-9(5-6-14)13(10)15/h9-10,14-15H,5-8H2,1-4H3. The Bertz CT molecular complexity index is 203. The summed E-state index contributed by atoms with van der Waals surface area (Å²) in [5.41, 5.74) is 0.0527. The summed E-state index contributed by atoms with van der Waals surface area (Å²) in [4.78, 5) is 2.23. The molecule has 0 aromatic carbocycles. The Morgan fingerprint density at radius 1 is 1.27 bits per heavy atom. The molecule has 0 aromatic heterocycles. The molecule has 1 rings (SSSR count). The van der Waals surface area contributed by atoms with Crippen molar-refractivity contribution in [3.8, 4) is 0 Å². The lowest BCUT2D eigenvalue weighted by Crippen LogP contribution is -2.60. The topological polar surface area (TPSA) is 46.9 Å². The van der Waals surface area contributed by atoms with Gasteiger partial charge in [0.25, 0.3) is 0 Å². The Balaban J connectivity index is 2.72. The number of rotatable bonds is 2. The molecular weight excluding hydrogens is 192 g/mol. The van der Waals surface area contributed by atoms with Crippen LogP contribution < -0.4 is 0 Å². The summed E-state index contributed by atoms with van der Waals surface area (Å²) in [7, 11) is 2.07. The molecule has 90 valence electrons. The third-order valence-corrected chi connectivity index (χ3v) is 3.16. The first kappa shape index (κ1) is 12.9. The monoisotopic (exact) mass is 216 g/mol. The van der Waals surface area contributed by atoms with Gasteiger partial charge in [-0.2, -0.15) is 5.06 Å². The minimum absolute atomic E-state index is 0.0527. The van der Waals surface area contributed by atoms with Crippen LogP contribution in [0.4, 0.5) is 0 Å². The van der Waals surface area contributed by atoms with E-state index in [1.807, 2.05) is 0 Å². The molecule has 2 unspecified atom stereocenters. The Morgan fingerprint density at radius 3 is 2.33 bits per heavy atom. The summed E-state index contributed by atoms with van der Waals surface area (Å²) >= 11 is 0. The fourth-order valence-corrected chi connectivity index (χ4v) is 2.19. The quantitative estimate of drug-likeness (QED) is 0.716. The molecule has 0 amide bonds. The van der Waals surface area contributed by atoms with Gasteiger partial charge in [0.05, 0.1) is 12.1 Å². The zero-order valence-electron chi connectivity index (χ0n) is 10.3. The summed E-state index contributed by atoms with van der Waals surface area (Å²) in [6.45, 7) is 8.24. The van der Waals surface area contributed by atoms with Crippen LogP contribution in [0.3, 0.4) is 0 Å². The molecule has 0 bridgehead atoms. The number of piperazine rings is 1. The zero-order valence-corrected chi connectivity index (χ0v) is 10.3. The first-order valence-electron chi connectivity index (χ1n) is 5.63. The van der Waals surface area contributed by atoms with Crippen LogP contribution in [0.2, 0.25) is 0 Å². The van der Waals surface area contributed by atoms with Gasteiger partial charge in [-0.3, -0.25) is 0 Å². The van der Waals surface area contributed by atoms with Gasteiger partial charge in [-0.05, 0) is 18.9 Å². The van der Waals surface area contributed by atoms with Crippen molar-refractivity contribution in [3.05, 3.63) is 0 Å². The minimum Gasteiger partial charge on any atom is -0.396 e. The average Bonchev–Trinajstić information content (AvgIpc) is 2.09. The second kappa shape index (κ2) is 4.78. The SMILES string of the molecule is CN1CC(CCO)N(O)C(C(C)(C)C)C1. The lowest BCUT2D eigenvalue weighted by molar-refractivity contribution is -0.213. The van der Waals surface area contributed by atoms with Crippen molar-refractivity contribution in [2.24, 2.45) is 5.41 Å². The van der Waals surface area contributed by atoms with E-state index < -0.39 is 0 Å². The molecule has 4 heteroatoms. The summed E-state index contributed by atoms with van der Waals surface area (Å²) in [6, 6.07) is 0.186. The van der Waals surface area contributed by atoms with Crippen molar-refractivity contribution >= 4 is 0 Å². The van der Waals surface area contributed by atoms with Gasteiger partial charge in [-0.1, -0.05) is 20.8 Å². The first-order chi connectivity index (χ1) is 6.86. The zero-order chi connectivity index (χ0) is 11.6. The Hall–Kier alpha value is -0.160. The summed E-state index contributed by atoms with van der Waals surface area (Å²) < 4.78 is 0. The number of hydrogen-bond donors (Lipinski definition) is 2. The highest BCUT2D eigenvalue weighted by atomic mass is 16.5. The highest BCUT2D eigenvalue weighted by Crippen LogP contribution is 2.29. The summed E-state index contributed by atoms with van der Waals surface area (Å²) in [6.07, 6.45) is 0.632. The molecule has 1 aliphatic heterocycles. The van der Waals surface area contributed by atoms with Crippen molar-refractivity contribution in [1.29, 1.82) is 0 Å². The number of hydrogen-bond acceptors (Lipinski definition) is 4. The van der Waals surface area contributed by atoms with Crippen molar-refractivity contribution in [1.82, 2.24) is 9.96 Å². The van der Waals surface area contributed by atoms with Crippen LogP contribution in [0.15, 0.2) is 0 Å². The third-order valence-electron chi connectivity index (χ3n) is 3.16. The molecule has 1 heterocycles. The molecule has 2 atom stereocenters. The van der Waals surface area contributed by atoms with Gasteiger partial charge >= 0.3 is 0 Å². The third kappa shape index (κ3) is 3.14. The fraction of sp³-hybridized carbons (Fsp3) is 1.00. The van der Waals surface area contributed by atoms with E-state index in [0.717, 1.165) is 13.1 Å². The van der Waals surface area contributed by atoms with E-state index in [1.54, 1.807) is 0 Å². The first-order valence-corrected chi connectivity index (χ1v) is 5.63. The van der Waals surface area contributed by atoms with E-state index in [2.05, 4.69) is 32.7 Å². The minimum atomic E-state index is 0.0527. The molecule has 0 aliphatic carbocycles. The Kier molecular flexibility index (Phi) is 4.12. The second-order valence-electron chi connectivity index (χ2n) is 5.65. The molecule has 0 saturated carbocycles. The molecular formula is C11H24N2O2. The molecule has 15 heavy (non-hydrogen) atoms. The number of nitrogens with zero attached hydrogens (tertiary/aromatic N) is 2. The second-order valence-corrected chi connectivity index (χ2v) is 5.65. The molecule has 1 fully saturated rings. The largest absolute Gasteiger partial charge is 0.396 e. The summed E-state index contributed by atoms with van der Waals surface area (Å²) in [5, 5.41) is 20.5. The van der Waals surface area contributed by atoms with Crippen molar-refractivity contribution in [2.75, 3.05) is 26.7 Å². The summed E-state index contributed by atoms with van der Waals surface area (Å²) in [5.74, 6) is 0. The highest BCUT2D eigenvalue weighted by Gasteiger charge is 2.38. The lowest BCUT2D eigenvalue weighted by Gasteiger charge is -2.47. The maximum absolute atomic E-state index is 10.1. The molecule has 4 nitrogen and oxygen atoms in total. The van der Waals surface area contributed by atoms with Gasteiger partial charge in [-0.15, -0.1) is 0 Å². The average molecular weight is 216 g/mol. The van der Waals surface area contributed by atoms with Crippen molar-refractivity contribution in [3.63, 3.8) is 0 Å². The normalized spacial score (nSPS) is 30.8. The van der Waals surface area contributed by atoms with E-state index in [-0.39, 0.29) is 24.1 Å². The predicted molar refractivity (Wildman–Crippen MR) is 59.9 cm³/mol. The number of aliphatic hydroxyl groups excluding tert-OH is 1. The molecule has 0 aromatic rings. The molecule has 2 N–H and O–H groups in total. The van der Waals surface area contributed by atoms with E-state index >= 15 is 0 Å². The van der Waals surface area contributed by atoms with Crippen LogP contribution in [0.5, 0.6) is 0 Å². The maximum Gasteiger partial charge on any atom is 0.0529 e. The predicted octanol–water partition coefficient (Wildman–Crippen LogP) is 0.789. The Labute approximate surface area is 92.4 Å². The smallest absolute Gasteiger partial charge is 0.0529 e. The Morgan fingerprint density at radius 2 is 1.87 bits per heavy atom. The van der Waals surface area contributed by atoms with E-state index in [9.17, 15) is 5.21 Å². The maximum atomic E-state index is 10.1.